The molecule has 0 saturated heterocycles. The predicted molar refractivity (Wildman–Crippen MR) is 150 cm³/mol. The third-order valence-corrected chi connectivity index (χ3v) is 7.72. The van der Waals surface area contributed by atoms with Gasteiger partial charge in [0.05, 0.1) is 39.2 Å². The molecule has 198 valence electrons. The molecule has 1 saturated carbocycles. The van der Waals surface area contributed by atoms with Gasteiger partial charge in [-0.1, -0.05) is 23.7 Å². The summed E-state index contributed by atoms with van der Waals surface area (Å²) >= 11 is 6.04. The number of hydrogen-bond acceptors (Lipinski definition) is 5. The number of nitrogens with zero attached hydrogens (tertiary/aromatic N) is 6. The lowest BCUT2D eigenvalue weighted by atomic mass is 9.85. The number of carbonyl (C=O) groups excluding carboxylic acids is 1. The van der Waals surface area contributed by atoms with Crippen LogP contribution < -0.4 is 11.0 Å². The Balaban J connectivity index is 1.18. The molecule has 1 N–H and O–H groups in total. The smallest absolute Gasteiger partial charge is 0.333 e. The van der Waals surface area contributed by atoms with Gasteiger partial charge in [0.25, 0.3) is 5.91 Å². The van der Waals surface area contributed by atoms with Gasteiger partial charge >= 0.3 is 5.69 Å². The van der Waals surface area contributed by atoms with E-state index < -0.39 is 0 Å². The number of halogens is 1. The molecule has 0 bridgehead atoms. The van der Waals surface area contributed by atoms with Gasteiger partial charge in [0.1, 0.15) is 12.1 Å². The molecule has 0 spiro atoms. The number of rotatable bonds is 6. The fraction of sp³-hybridized carbons (Fsp3) is 0.276. The minimum Gasteiger partial charge on any atom is -0.349 e. The zero-order valence-corrected chi connectivity index (χ0v) is 22.3. The molecule has 1 amide bonds. The summed E-state index contributed by atoms with van der Waals surface area (Å²) in [5.74, 6) is 0.933. The second-order valence-corrected chi connectivity index (χ2v) is 10.5. The van der Waals surface area contributed by atoms with Crippen molar-refractivity contribution in [3.63, 3.8) is 0 Å². The van der Waals surface area contributed by atoms with Crippen LogP contribution in [-0.2, 0) is 6.54 Å². The molecule has 1 aliphatic carbocycles. The minimum absolute atomic E-state index is 0.0762. The van der Waals surface area contributed by atoms with Crippen LogP contribution in [0.3, 0.4) is 0 Å². The lowest BCUT2D eigenvalue weighted by molar-refractivity contribution is 0.0919. The summed E-state index contributed by atoms with van der Waals surface area (Å²) in [5, 5.41) is 3.59. The number of amides is 1. The summed E-state index contributed by atoms with van der Waals surface area (Å²) in [7, 11) is 0. The van der Waals surface area contributed by atoms with Crippen molar-refractivity contribution in [1.29, 1.82) is 0 Å². The van der Waals surface area contributed by atoms with Gasteiger partial charge < -0.3 is 5.32 Å². The van der Waals surface area contributed by atoms with Crippen LogP contribution in [0, 0.1) is 12.8 Å². The number of imidazole rings is 2. The van der Waals surface area contributed by atoms with Gasteiger partial charge in [0.15, 0.2) is 0 Å². The summed E-state index contributed by atoms with van der Waals surface area (Å²) < 4.78 is 5.43. The molecular weight excluding hydrogens is 514 g/mol. The largest absolute Gasteiger partial charge is 0.349 e. The molecule has 0 unspecified atom stereocenters. The molecule has 10 heteroatoms. The number of pyridine rings is 2. The SMILES string of the molecule is Cc1ncc(Cl)cc1C(=O)NC1CCC(Cn2c(=O)n(-c3ccc(-n4ccnc4)nc3)c3ccccc32)CC1. The van der Waals surface area contributed by atoms with E-state index in [0.29, 0.717) is 28.7 Å². The summed E-state index contributed by atoms with van der Waals surface area (Å²) in [4.78, 5) is 39.3. The Bertz CT molecular complexity index is 1680. The molecule has 0 aliphatic heterocycles. The van der Waals surface area contributed by atoms with E-state index in [1.807, 2.05) is 51.7 Å². The number of fused-ring (bicyclic) bond motifs is 1. The normalized spacial score (nSPS) is 17.4. The lowest BCUT2D eigenvalue weighted by Crippen LogP contribution is -2.39. The molecule has 4 heterocycles. The first kappa shape index (κ1) is 25.1. The Kier molecular flexibility index (Phi) is 6.74. The Morgan fingerprint density at radius 1 is 1.05 bits per heavy atom. The maximum absolute atomic E-state index is 13.7. The van der Waals surface area contributed by atoms with Gasteiger partial charge in [0, 0.05) is 31.2 Å². The van der Waals surface area contributed by atoms with Crippen LogP contribution in [0.15, 0.2) is 78.4 Å². The van der Waals surface area contributed by atoms with E-state index in [2.05, 4.69) is 20.3 Å². The first-order chi connectivity index (χ1) is 19.0. The molecule has 9 nitrogen and oxygen atoms in total. The molecule has 6 rings (SSSR count). The van der Waals surface area contributed by atoms with Crippen molar-refractivity contribution in [3.8, 4) is 11.5 Å². The minimum atomic E-state index is -0.141. The first-order valence-corrected chi connectivity index (χ1v) is 13.4. The van der Waals surface area contributed by atoms with Gasteiger partial charge in [-0.15, -0.1) is 0 Å². The summed E-state index contributed by atoms with van der Waals surface area (Å²) in [6.07, 6.45) is 12.0. The number of para-hydroxylation sites is 2. The Morgan fingerprint density at radius 3 is 2.56 bits per heavy atom. The predicted octanol–water partition coefficient (Wildman–Crippen LogP) is 4.72. The summed E-state index contributed by atoms with van der Waals surface area (Å²) in [6, 6.07) is 13.4. The van der Waals surface area contributed by atoms with Crippen LogP contribution in [-0.4, -0.2) is 40.6 Å². The number of aromatic nitrogens is 6. The second-order valence-electron chi connectivity index (χ2n) is 10.0. The van der Waals surface area contributed by atoms with Crippen LogP contribution >= 0.6 is 11.6 Å². The van der Waals surface area contributed by atoms with Crippen LogP contribution in [0.2, 0.25) is 5.02 Å². The van der Waals surface area contributed by atoms with E-state index in [4.69, 9.17) is 11.6 Å². The highest BCUT2D eigenvalue weighted by atomic mass is 35.5. The Hall–Kier alpha value is -4.24. The molecule has 1 fully saturated rings. The Labute approximate surface area is 230 Å². The van der Waals surface area contributed by atoms with E-state index in [1.54, 1.807) is 42.5 Å². The van der Waals surface area contributed by atoms with Crippen molar-refractivity contribution in [2.45, 2.75) is 45.2 Å². The van der Waals surface area contributed by atoms with Gasteiger partial charge in [0.2, 0.25) is 0 Å². The molecular formula is C29H28ClN7O2. The zero-order valence-electron chi connectivity index (χ0n) is 21.5. The highest BCUT2D eigenvalue weighted by molar-refractivity contribution is 6.30. The molecule has 5 aromatic rings. The van der Waals surface area contributed by atoms with Crippen LogP contribution in [0.25, 0.3) is 22.5 Å². The topological polar surface area (TPSA) is 99.6 Å². The van der Waals surface area contributed by atoms with E-state index >= 15 is 0 Å². The zero-order chi connectivity index (χ0) is 26.9. The van der Waals surface area contributed by atoms with E-state index in [0.717, 1.165) is 48.2 Å². The maximum atomic E-state index is 13.7. The van der Waals surface area contributed by atoms with Crippen LogP contribution in [0.1, 0.15) is 41.7 Å². The van der Waals surface area contributed by atoms with Crippen molar-refractivity contribution >= 4 is 28.5 Å². The van der Waals surface area contributed by atoms with Gasteiger partial charge in [-0.3, -0.25) is 23.5 Å². The number of aryl methyl sites for hydroxylation is 1. The van der Waals surface area contributed by atoms with E-state index in [9.17, 15) is 9.59 Å². The number of carbonyl (C=O) groups is 1. The molecule has 39 heavy (non-hydrogen) atoms. The van der Waals surface area contributed by atoms with Gasteiger partial charge in [-0.25, -0.2) is 14.8 Å². The molecule has 0 atom stereocenters. The average molecular weight is 542 g/mol. The van der Waals surface area contributed by atoms with E-state index in [-0.39, 0.29) is 17.6 Å². The molecule has 1 aromatic carbocycles. The summed E-state index contributed by atoms with van der Waals surface area (Å²) in [5.41, 5.74) is 3.57. The Morgan fingerprint density at radius 2 is 1.85 bits per heavy atom. The lowest BCUT2D eigenvalue weighted by Gasteiger charge is -2.29. The van der Waals surface area contributed by atoms with Crippen molar-refractivity contribution in [1.82, 2.24) is 34.0 Å². The molecule has 0 radical (unpaired) electrons. The van der Waals surface area contributed by atoms with Crippen molar-refractivity contribution in [2.75, 3.05) is 0 Å². The third kappa shape index (κ3) is 4.97. The highest BCUT2D eigenvalue weighted by Crippen LogP contribution is 2.28. The van der Waals surface area contributed by atoms with Crippen molar-refractivity contribution < 1.29 is 4.79 Å². The highest BCUT2D eigenvalue weighted by Gasteiger charge is 2.25. The standard InChI is InChI=1S/C29H28ClN7O2/c1-19-24(14-21(30)15-32-19)28(38)34-22-8-6-20(7-9-22)17-36-25-4-2-3-5-26(25)37(29(36)39)23-10-11-27(33-16-23)35-13-12-31-18-35/h2-5,10-16,18,20,22H,6-9,17H2,1H3,(H,34,38). The number of hydrogen-bond donors (Lipinski definition) is 1. The summed E-state index contributed by atoms with van der Waals surface area (Å²) in [6.45, 7) is 2.44. The maximum Gasteiger partial charge on any atom is 0.333 e. The van der Waals surface area contributed by atoms with Crippen molar-refractivity contribution in [3.05, 3.63) is 100 Å². The van der Waals surface area contributed by atoms with Crippen LogP contribution in [0.5, 0.6) is 0 Å². The van der Waals surface area contributed by atoms with Gasteiger partial charge in [-0.2, -0.15) is 0 Å². The first-order valence-electron chi connectivity index (χ1n) is 13.1. The van der Waals surface area contributed by atoms with E-state index in [1.165, 1.54) is 0 Å². The van der Waals surface area contributed by atoms with Crippen LogP contribution in [0.4, 0.5) is 0 Å². The van der Waals surface area contributed by atoms with Crippen molar-refractivity contribution in [2.24, 2.45) is 5.92 Å². The van der Waals surface area contributed by atoms with Gasteiger partial charge in [-0.05, 0) is 68.9 Å². The number of nitrogens with one attached hydrogen (secondary N) is 1. The molecule has 1 aliphatic rings. The fourth-order valence-electron chi connectivity index (χ4n) is 5.44. The quantitative estimate of drug-likeness (QED) is 0.335. The number of benzene rings is 1. The third-order valence-electron chi connectivity index (χ3n) is 7.52. The molecule has 4 aromatic heterocycles. The average Bonchev–Trinajstić information content (AvgIpc) is 3.58. The monoisotopic (exact) mass is 541 g/mol. The fourth-order valence-corrected chi connectivity index (χ4v) is 5.60. The second kappa shape index (κ2) is 10.5.